The molecule has 0 radical (unpaired) electrons. The number of amides is 9. The van der Waals surface area contributed by atoms with Gasteiger partial charge >= 0.3 is 36.6 Å². The van der Waals surface area contributed by atoms with Gasteiger partial charge in [0.15, 0.2) is 0 Å². The van der Waals surface area contributed by atoms with Crippen molar-refractivity contribution in [2.75, 3.05) is 47.9 Å². The summed E-state index contributed by atoms with van der Waals surface area (Å²) in [5.41, 5.74) is -2.63. The highest BCUT2D eigenvalue weighted by molar-refractivity contribution is 6.13. The van der Waals surface area contributed by atoms with E-state index in [1.165, 1.54) is 72.8 Å². The van der Waals surface area contributed by atoms with E-state index >= 15 is 0 Å². The van der Waals surface area contributed by atoms with Gasteiger partial charge < -0.3 is 47.9 Å². The van der Waals surface area contributed by atoms with Crippen LogP contribution in [0.2, 0.25) is 0 Å². The smallest absolute Gasteiger partial charge is 0.322 e. The first-order valence-electron chi connectivity index (χ1n) is 21.6. The van der Waals surface area contributed by atoms with Gasteiger partial charge in [0.25, 0.3) is 17.7 Å². The molecule has 0 saturated heterocycles. The maximum absolute atomic E-state index is 13.9. The zero-order valence-electron chi connectivity index (χ0n) is 37.9. The Bertz CT molecular complexity index is 2920. The molecule has 0 bridgehead atoms. The second-order valence-electron chi connectivity index (χ2n) is 15.9. The minimum Gasteiger partial charge on any atom is -0.322 e. The number of alkyl halides is 9. The SMILES string of the molecule is O=C(Nc1ccc(C(F)(F)F)cc1)Nc1cccc(NC(=O)c2cc(C(=O)Nc3cccc(NC(=O)Nc4ccc(C(F)(F)F)cc4)c3)cc(C(=O)Nc3cccc(NC(=O)Nc4ccc(C(F)(F)F)cc4)c3)c2)c1. The third-order valence-electron chi connectivity index (χ3n) is 10.3. The fraction of sp³-hybridized carbons (Fsp3) is 0.0588. The molecule has 0 atom stereocenters. The van der Waals surface area contributed by atoms with Crippen LogP contribution in [0.5, 0.6) is 0 Å². The summed E-state index contributed by atoms with van der Waals surface area (Å²) in [5, 5.41) is 22.5. The molecule has 0 fully saturated rings. The van der Waals surface area contributed by atoms with Crippen molar-refractivity contribution in [3.63, 3.8) is 0 Å². The monoisotopic (exact) mass is 1040 g/mol. The van der Waals surface area contributed by atoms with E-state index in [4.69, 9.17) is 0 Å². The van der Waals surface area contributed by atoms with Crippen molar-refractivity contribution < 1.29 is 68.3 Å². The predicted molar refractivity (Wildman–Crippen MR) is 262 cm³/mol. The van der Waals surface area contributed by atoms with Crippen LogP contribution in [-0.2, 0) is 18.5 Å². The van der Waals surface area contributed by atoms with E-state index in [-0.39, 0.29) is 67.9 Å². The van der Waals surface area contributed by atoms with E-state index in [0.29, 0.717) is 0 Å². The van der Waals surface area contributed by atoms with Crippen molar-refractivity contribution in [2.24, 2.45) is 0 Å². The lowest BCUT2D eigenvalue weighted by Crippen LogP contribution is -2.21. The van der Waals surface area contributed by atoms with E-state index in [1.807, 2.05) is 0 Å². The van der Waals surface area contributed by atoms with Crippen LogP contribution in [0, 0.1) is 0 Å². The van der Waals surface area contributed by atoms with Gasteiger partial charge in [-0.05, 0) is 146 Å². The zero-order valence-corrected chi connectivity index (χ0v) is 37.9. The first kappa shape index (κ1) is 52.9. The van der Waals surface area contributed by atoms with Gasteiger partial charge in [-0.1, -0.05) is 18.2 Å². The van der Waals surface area contributed by atoms with Crippen molar-refractivity contribution >= 4 is 87.0 Å². The van der Waals surface area contributed by atoms with Gasteiger partial charge in [0, 0.05) is 67.9 Å². The molecule has 0 aliphatic carbocycles. The highest BCUT2D eigenvalue weighted by atomic mass is 19.4. The van der Waals surface area contributed by atoms with Crippen molar-refractivity contribution in [1.29, 1.82) is 0 Å². The molecule has 75 heavy (non-hydrogen) atoms. The predicted octanol–water partition coefficient (Wildman–Crippen LogP) is 13.4. The van der Waals surface area contributed by atoms with Gasteiger partial charge in [0.05, 0.1) is 16.7 Å². The van der Waals surface area contributed by atoms with Crippen molar-refractivity contribution in [3.8, 4) is 0 Å². The van der Waals surface area contributed by atoms with Crippen molar-refractivity contribution in [3.05, 3.63) is 197 Å². The first-order valence-corrected chi connectivity index (χ1v) is 21.6. The molecule has 15 nitrogen and oxygen atoms in total. The van der Waals surface area contributed by atoms with Gasteiger partial charge in [-0.15, -0.1) is 0 Å². The standard InChI is InChI=1S/C51H36F9N9O6/c52-49(53,54)31-10-16-34(17-11-31)64-46(73)67-40-7-1-4-37(25-40)61-43(70)28-22-29(44(71)62-38-5-2-8-41(26-38)68-47(74)65-35-18-12-32(13-19-35)50(55,56)57)24-30(23-28)45(72)63-39-6-3-9-42(27-39)69-48(75)66-36-20-14-33(15-21-36)51(58,59)60/h1-27H,(H,61,70)(H,62,71)(H,63,72)(H2,64,67,73)(H2,65,68,74)(H2,66,69,75). The van der Waals surface area contributed by atoms with Crippen LogP contribution in [-0.4, -0.2) is 35.8 Å². The van der Waals surface area contributed by atoms with Crippen molar-refractivity contribution in [2.45, 2.75) is 18.5 Å². The summed E-state index contributed by atoms with van der Waals surface area (Å²) < 4.78 is 117. The highest BCUT2D eigenvalue weighted by Crippen LogP contribution is 2.32. The molecule has 0 unspecified atom stereocenters. The summed E-state index contributed by atoms with van der Waals surface area (Å²) in [6.07, 6.45) is -13.8. The molecule has 24 heteroatoms. The number of nitrogens with one attached hydrogen (secondary N) is 9. The number of hydrogen-bond donors (Lipinski definition) is 9. The van der Waals surface area contributed by atoms with E-state index < -0.39 is 71.0 Å². The maximum atomic E-state index is 13.9. The number of hydrogen-bond acceptors (Lipinski definition) is 6. The van der Waals surface area contributed by atoms with Crippen LogP contribution in [0.25, 0.3) is 0 Å². The Morgan fingerprint density at radius 3 is 0.667 bits per heavy atom. The van der Waals surface area contributed by atoms with Gasteiger partial charge in [-0.25, -0.2) is 14.4 Å². The molecular weight excluding hydrogens is 1010 g/mol. The molecule has 0 aromatic heterocycles. The number of rotatable bonds is 12. The fourth-order valence-corrected chi connectivity index (χ4v) is 6.76. The van der Waals surface area contributed by atoms with Gasteiger partial charge in [0.2, 0.25) is 0 Å². The average Bonchev–Trinajstić information content (AvgIpc) is 3.33. The second-order valence-corrected chi connectivity index (χ2v) is 15.9. The minimum absolute atomic E-state index is 0.0481. The number of benzene rings is 7. The number of halogens is 9. The molecule has 0 aliphatic heterocycles. The molecule has 7 aromatic carbocycles. The van der Waals surface area contributed by atoms with E-state index in [2.05, 4.69) is 47.9 Å². The number of anilines is 9. The molecule has 7 aromatic rings. The van der Waals surface area contributed by atoms with Crippen LogP contribution in [0.3, 0.4) is 0 Å². The Balaban J connectivity index is 1.07. The Labute approximate surface area is 417 Å². The van der Waals surface area contributed by atoms with Crippen molar-refractivity contribution in [1.82, 2.24) is 0 Å². The fourth-order valence-electron chi connectivity index (χ4n) is 6.76. The van der Waals surface area contributed by atoms with Crippen LogP contribution in [0.15, 0.2) is 164 Å². The third kappa shape index (κ3) is 15.1. The Morgan fingerprint density at radius 1 is 0.253 bits per heavy atom. The van der Waals surface area contributed by atoms with Gasteiger partial charge in [-0.3, -0.25) is 14.4 Å². The zero-order chi connectivity index (χ0) is 54.1. The molecule has 384 valence electrons. The summed E-state index contributed by atoms with van der Waals surface area (Å²) in [7, 11) is 0. The second kappa shape index (κ2) is 22.3. The summed E-state index contributed by atoms with van der Waals surface area (Å²) in [6.45, 7) is 0. The van der Waals surface area contributed by atoms with Crippen LogP contribution >= 0.6 is 0 Å². The number of urea groups is 3. The van der Waals surface area contributed by atoms with E-state index in [0.717, 1.165) is 91.0 Å². The molecule has 9 amide bonds. The number of carbonyl (C=O) groups excluding carboxylic acids is 6. The van der Waals surface area contributed by atoms with Crippen LogP contribution < -0.4 is 47.9 Å². The first-order chi connectivity index (χ1) is 35.4. The van der Waals surface area contributed by atoms with Gasteiger partial charge in [-0.2, -0.15) is 39.5 Å². The Kier molecular flexibility index (Phi) is 15.7. The molecule has 9 N–H and O–H groups in total. The molecule has 0 heterocycles. The Hall–Kier alpha value is -9.87. The lowest BCUT2D eigenvalue weighted by molar-refractivity contribution is -0.138. The summed E-state index contributed by atoms with van der Waals surface area (Å²) in [5.74, 6) is -2.58. The third-order valence-corrected chi connectivity index (χ3v) is 10.3. The van der Waals surface area contributed by atoms with Gasteiger partial charge in [0.1, 0.15) is 0 Å². The molecular formula is C51H36F9N9O6. The average molecular weight is 1040 g/mol. The quantitative estimate of drug-likeness (QED) is 0.0543. The highest BCUT2D eigenvalue weighted by Gasteiger charge is 2.32. The molecule has 0 aliphatic rings. The van der Waals surface area contributed by atoms with E-state index in [9.17, 15) is 68.3 Å². The summed E-state index contributed by atoms with van der Waals surface area (Å²) >= 11 is 0. The molecule has 0 saturated carbocycles. The summed E-state index contributed by atoms with van der Waals surface area (Å²) in [4.78, 5) is 79.8. The van der Waals surface area contributed by atoms with E-state index in [1.54, 1.807) is 0 Å². The normalized spacial score (nSPS) is 11.3. The molecule has 0 spiro atoms. The lowest BCUT2D eigenvalue weighted by Gasteiger charge is -2.14. The Morgan fingerprint density at radius 2 is 0.453 bits per heavy atom. The summed E-state index contributed by atoms with van der Waals surface area (Å²) in [6, 6.07) is 29.1. The largest absolute Gasteiger partial charge is 0.416 e. The van der Waals surface area contributed by atoms with Crippen LogP contribution in [0.4, 0.5) is 105 Å². The molecule has 7 rings (SSSR count). The maximum Gasteiger partial charge on any atom is 0.416 e. The lowest BCUT2D eigenvalue weighted by atomic mass is 10.0. The van der Waals surface area contributed by atoms with Crippen LogP contribution in [0.1, 0.15) is 47.8 Å². The minimum atomic E-state index is -4.59. The number of carbonyl (C=O) groups is 6. The topological polar surface area (TPSA) is 211 Å².